The van der Waals surface area contributed by atoms with E-state index in [1.165, 1.54) is 23.1 Å². The van der Waals surface area contributed by atoms with Crippen molar-refractivity contribution < 1.29 is 14.3 Å². The van der Waals surface area contributed by atoms with Crippen LogP contribution in [0, 0.1) is 13.8 Å². The first-order valence-corrected chi connectivity index (χ1v) is 12.7. The average molecular weight is 508 g/mol. The van der Waals surface area contributed by atoms with Gasteiger partial charge in [0.05, 0.1) is 30.1 Å². The Hall–Kier alpha value is -3.63. The van der Waals surface area contributed by atoms with E-state index in [1.807, 2.05) is 54.1 Å². The van der Waals surface area contributed by atoms with Crippen LogP contribution in [-0.4, -0.2) is 39.4 Å². The first-order valence-electron chi connectivity index (χ1n) is 10.8. The smallest absolute Gasteiger partial charge is 0.251 e. The van der Waals surface area contributed by atoms with E-state index in [-0.39, 0.29) is 24.1 Å². The number of methoxy groups -OCH3 is 1. The molecule has 180 valence electrons. The number of aromatic nitrogens is 3. The maximum Gasteiger partial charge on any atom is 0.251 e. The average Bonchev–Trinajstić information content (AvgIpc) is 3.52. The molecule has 0 atom stereocenters. The van der Waals surface area contributed by atoms with Gasteiger partial charge in [0.15, 0.2) is 11.0 Å². The Morgan fingerprint density at radius 2 is 1.89 bits per heavy atom. The molecule has 0 spiro atoms. The highest BCUT2D eigenvalue weighted by Gasteiger charge is 2.18. The second-order valence-electron chi connectivity index (χ2n) is 7.75. The van der Waals surface area contributed by atoms with E-state index >= 15 is 0 Å². The number of carbonyl (C=O) groups excluding carboxylic acids is 2. The molecule has 2 aromatic carbocycles. The molecule has 0 bridgehead atoms. The number of nitrogens with one attached hydrogen (secondary N) is 2. The van der Waals surface area contributed by atoms with Gasteiger partial charge < -0.3 is 15.4 Å². The van der Waals surface area contributed by atoms with Gasteiger partial charge in [-0.25, -0.2) is 0 Å². The summed E-state index contributed by atoms with van der Waals surface area (Å²) in [6.45, 7) is 4.19. The van der Waals surface area contributed by atoms with Crippen LogP contribution in [0.1, 0.15) is 27.3 Å². The van der Waals surface area contributed by atoms with Crippen molar-refractivity contribution in [1.29, 1.82) is 0 Å². The van der Waals surface area contributed by atoms with E-state index in [9.17, 15) is 9.59 Å². The van der Waals surface area contributed by atoms with Crippen molar-refractivity contribution in [3.05, 3.63) is 82.5 Å². The SMILES string of the molecule is COc1ccc(C(=O)NCc2nnc(SCC(=O)Nc3cccs3)n2-c2cc(C)ccc2C)cc1. The number of carbonyl (C=O) groups is 2. The first-order chi connectivity index (χ1) is 16.9. The van der Waals surface area contributed by atoms with Crippen LogP contribution in [0.3, 0.4) is 0 Å². The molecule has 4 rings (SSSR count). The highest BCUT2D eigenvalue weighted by atomic mass is 32.2. The summed E-state index contributed by atoms with van der Waals surface area (Å²) >= 11 is 2.77. The molecule has 0 saturated heterocycles. The fraction of sp³-hybridized carbons (Fsp3) is 0.200. The van der Waals surface area contributed by atoms with Gasteiger partial charge in [0.1, 0.15) is 5.75 Å². The van der Waals surface area contributed by atoms with Crippen molar-refractivity contribution in [2.24, 2.45) is 0 Å². The summed E-state index contributed by atoms with van der Waals surface area (Å²) in [4.78, 5) is 25.1. The number of rotatable bonds is 9. The summed E-state index contributed by atoms with van der Waals surface area (Å²) in [5, 5.41) is 17.8. The summed E-state index contributed by atoms with van der Waals surface area (Å²) in [5.74, 6) is 1.08. The molecular formula is C25H25N5O3S2. The van der Waals surface area contributed by atoms with Crippen LogP contribution >= 0.6 is 23.1 Å². The van der Waals surface area contributed by atoms with Crippen molar-refractivity contribution in [2.75, 3.05) is 18.2 Å². The lowest BCUT2D eigenvalue weighted by Gasteiger charge is -2.14. The Bertz CT molecular complexity index is 1320. The number of hydrogen-bond donors (Lipinski definition) is 2. The molecule has 0 fully saturated rings. The van der Waals surface area contributed by atoms with Gasteiger partial charge in [-0.15, -0.1) is 21.5 Å². The number of anilines is 1. The Labute approximate surface area is 211 Å². The number of hydrogen-bond acceptors (Lipinski definition) is 7. The zero-order valence-electron chi connectivity index (χ0n) is 19.6. The fourth-order valence-electron chi connectivity index (χ4n) is 3.37. The van der Waals surface area contributed by atoms with Crippen molar-refractivity contribution in [3.63, 3.8) is 0 Å². The Balaban J connectivity index is 1.54. The summed E-state index contributed by atoms with van der Waals surface area (Å²) in [6.07, 6.45) is 0. The van der Waals surface area contributed by atoms with Crippen LogP contribution in [0.2, 0.25) is 0 Å². The van der Waals surface area contributed by atoms with Gasteiger partial charge in [0, 0.05) is 5.56 Å². The maximum atomic E-state index is 12.7. The van der Waals surface area contributed by atoms with Crippen LogP contribution in [0.4, 0.5) is 5.00 Å². The number of amides is 2. The third-order valence-electron chi connectivity index (χ3n) is 5.18. The second-order valence-corrected chi connectivity index (χ2v) is 9.64. The van der Waals surface area contributed by atoms with Crippen molar-refractivity contribution in [3.8, 4) is 11.4 Å². The van der Waals surface area contributed by atoms with Gasteiger partial charge in [-0.1, -0.05) is 23.9 Å². The van der Waals surface area contributed by atoms with Gasteiger partial charge in [0.2, 0.25) is 5.91 Å². The Morgan fingerprint density at radius 1 is 1.09 bits per heavy atom. The molecule has 0 aliphatic heterocycles. The zero-order valence-corrected chi connectivity index (χ0v) is 21.2. The molecule has 4 aromatic rings. The van der Waals surface area contributed by atoms with Crippen LogP contribution in [0.25, 0.3) is 5.69 Å². The molecular weight excluding hydrogens is 482 g/mol. The van der Waals surface area contributed by atoms with Crippen LogP contribution < -0.4 is 15.4 Å². The molecule has 2 heterocycles. The number of benzene rings is 2. The van der Waals surface area contributed by atoms with Crippen molar-refractivity contribution >= 4 is 39.9 Å². The third-order valence-corrected chi connectivity index (χ3v) is 6.90. The first kappa shape index (κ1) is 24.5. The second kappa shape index (κ2) is 11.2. The van der Waals surface area contributed by atoms with E-state index in [0.717, 1.165) is 21.8 Å². The number of thioether (sulfide) groups is 1. The van der Waals surface area contributed by atoms with Crippen LogP contribution in [0.5, 0.6) is 5.75 Å². The number of aryl methyl sites for hydroxylation is 2. The fourth-order valence-corrected chi connectivity index (χ4v) is 4.77. The largest absolute Gasteiger partial charge is 0.497 e. The molecule has 0 aliphatic carbocycles. The van der Waals surface area contributed by atoms with E-state index in [2.05, 4.69) is 20.8 Å². The monoisotopic (exact) mass is 507 g/mol. The van der Waals surface area contributed by atoms with Gasteiger partial charge in [-0.05, 0) is 72.8 Å². The van der Waals surface area contributed by atoms with Gasteiger partial charge in [-0.2, -0.15) is 0 Å². The molecule has 2 aromatic heterocycles. The number of thiophene rings is 1. The standard InChI is InChI=1S/C25H25N5O3S2/c1-16-6-7-17(2)20(13-16)30-21(14-26-24(32)18-8-10-19(33-3)11-9-18)28-29-25(30)35-15-22(31)27-23-5-4-12-34-23/h4-13H,14-15H2,1-3H3,(H,26,32)(H,27,31). The van der Waals surface area contributed by atoms with Crippen molar-refractivity contribution in [2.45, 2.75) is 25.5 Å². The lowest BCUT2D eigenvalue weighted by molar-refractivity contribution is -0.113. The molecule has 2 N–H and O–H groups in total. The minimum absolute atomic E-state index is 0.123. The predicted molar refractivity (Wildman–Crippen MR) is 139 cm³/mol. The summed E-state index contributed by atoms with van der Waals surface area (Å²) in [6, 6.07) is 16.7. The number of nitrogens with zero attached hydrogens (tertiary/aromatic N) is 3. The lowest BCUT2D eigenvalue weighted by Crippen LogP contribution is -2.24. The highest BCUT2D eigenvalue weighted by molar-refractivity contribution is 7.99. The molecule has 0 unspecified atom stereocenters. The van der Waals surface area contributed by atoms with E-state index in [0.29, 0.717) is 22.3 Å². The van der Waals surface area contributed by atoms with Crippen molar-refractivity contribution in [1.82, 2.24) is 20.1 Å². The molecule has 10 heteroatoms. The topological polar surface area (TPSA) is 98.1 Å². The molecule has 2 amide bonds. The summed E-state index contributed by atoms with van der Waals surface area (Å²) < 4.78 is 7.05. The molecule has 8 nitrogen and oxygen atoms in total. The normalized spacial score (nSPS) is 10.7. The van der Waals surface area contributed by atoms with Crippen LogP contribution in [-0.2, 0) is 11.3 Å². The minimum atomic E-state index is -0.229. The van der Waals surface area contributed by atoms with E-state index in [4.69, 9.17) is 4.74 Å². The van der Waals surface area contributed by atoms with E-state index < -0.39 is 0 Å². The number of ether oxygens (including phenoxy) is 1. The summed E-state index contributed by atoms with van der Waals surface area (Å²) in [7, 11) is 1.58. The third kappa shape index (κ3) is 6.09. The summed E-state index contributed by atoms with van der Waals surface area (Å²) in [5.41, 5.74) is 3.54. The maximum absolute atomic E-state index is 12.7. The highest BCUT2D eigenvalue weighted by Crippen LogP contribution is 2.26. The lowest BCUT2D eigenvalue weighted by atomic mass is 10.1. The predicted octanol–water partition coefficient (Wildman–Crippen LogP) is 4.62. The van der Waals surface area contributed by atoms with Crippen LogP contribution in [0.15, 0.2) is 65.1 Å². The molecule has 35 heavy (non-hydrogen) atoms. The van der Waals surface area contributed by atoms with Gasteiger partial charge in [-0.3, -0.25) is 14.2 Å². The molecule has 0 aliphatic rings. The quantitative estimate of drug-likeness (QED) is 0.321. The molecule has 0 saturated carbocycles. The van der Waals surface area contributed by atoms with Gasteiger partial charge >= 0.3 is 0 Å². The minimum Gasteiger partial charge on any atom is -0.497 e. The van der Waals surface area contributed by atoms with Gasteiger partial charge in [0.25, 0.3) is 5.91 Å². The Morgan fingerprint density at radius 3 is 2.60 bits per heavy atom. The Kier molecular flexibility index (Phi) is 7.84. The van der Waals surface area contributed by atoms with E-state index in [1.54, 1.807) is 31.4 Å². The molecule has 0 radical (unpaired) electrons. The zero-order chi connectivity index (χ0) is 24.8.